The Morgan fingerprint density at radius 1 is 0.850 bits per heavy atom. The molecule has 318 valence electrons. The molecule has 0 bridgehead atoms. The second-order valence-corrected chi connectivity index (χ2v) is 17.1. The van der Waals surface area contributed by atoms with E-state index in [0.717, 1.165) is 36.6 Å². The first-order chi connectivity index (χ1) is 28.8. The minimum Gasteiger partial charge on any atom is -0.457 e. The summed E-state index contributed by atoms with van der Waals surface area (Å²) in [6, 6.07) is 26.2. The number of benzene rings is 3. The van der Waals surface area contributed by atoms with E-state index in [9.17, 15) is 24.0 Å². The zero-order chi connectivity index (χ0) is 42.8. The Bertz CT molecular complexity index is 2110. The lowest BCUT2D eigenvalue weighted by molar-refractivity contribution is -0.166. The van der Waals surface area contributed by atoms with Crippen LogP contribution in [0.5, 0.6) is 0 Å². The van der Waals surface area contributed by atoms with Gasteiger partial charge in [0.25, 0.3) is 5.91 Å². The molecule has 1 aromatic heterocycles. The highest BCUT2D eigenvalue weighted by Crippen LogP contribution is 2.39. The maximum atomic E-state index is 14.5. The van der Waals surface area contributed by atoms with Crippen LogP contribution < -0.4 is 21.7 Å². The minimum atomic E-state index is -1.39. The number of primary amides is 1. The number of fused-ring (bicyclic) bond motifs is 2. The average molecular weight is 819 g/mol. The zero-order valence-corrected chi connectivity index (χ0v) is 35.0. The Kier molecular flexibility index (Phi) is 14.7. The van der Waals surface area contributed by atoms with Gasteiger partial charge in [0.1, 0.15) is 17.8 Å². The molecule has 2 aliphatic rings. The summed E-state index contributed by atoms with van der Waals surface area (Å²) in [6.07, 6.45) is 2.56. The molecule has 6 rings (SSSR count). The molecular formula is C47H58N6O7. The van der Waals surface area contributed by atoms with Crippen molar-refractivity contribution in [3.05, 3.63) is 114 Å². The van der Waals surface area contributed by atoms with Gasteiger partial charge in [-0.25, -0.2) is 9.78 Å². The number of carbonyl (C=O) groups excluding carboxylic acids is 5. The van der Waals surface area contributed by atoms with E-state index in [1.807, 2.05) is 75.4 Å². The molecule has 13 nitrogen and oxygen atoms in total. The minimum absolute atomic E-state index is 0.0563. The third-order valence-electron chi connectivity index (χ3n) is 11.5. The lowest BCUT2D eigenvalue weighted by Gasteiger charge is -2.47. The monoisotopic (exact) mass is 818 g/mol. The molecule has 3 aromatic carbocycles. The van der Waals surface area contributed by atoms with Gasteiger partial charge in [-0.15, -0.1) is 0 Å². The van der Waals surface area contributed by atoms with Gasteiger partial charge in [0.15, 0.2) is 6.10 Å². The van der Waals surface area contributed by atoms with Crippen LogP contribution in [0.15, 0.2) is 97.1 Å². The normalized spacial score (nSPS) is 20.1. The van der Waals surface area contributed by atoms with Crippen molar-refractivity contribution >= 4 is 40.5 Å². The maximum Gasteiger partial charge on any atom is 0.340 e. The number of aromatic nitrogens is 1. The molecule has 0 unspecified atom stereocenters. The summed E-state index contributed by atoms with van der Waals surface area (Å²) in [4.78, 5) is 75.5. The Labute approximate surface area is 352 Å². The van der Waals surface area contributed by atoms with Gasteiger partial charge < -0.3 is 31.2 Å². The second-order valence-electron chi connectivity index (χ2n) is 17.1. The highest BCUT2D eigenvalue weighted by atomic mass is 16.6. The zero-order valence-electron chi connectivity index (χ0n) is 35.0. The number of nitrogens with one attached hydrogen (secondary N) is 3. The molecule has 1 saturated heterocycles. The number of nitrogens with two attached hydrogens (primary N) is 1. The fourth-order valence-electron chi connectivity index (χ4n) is 8.57. The van der Waals surface area contributed by atoms with Gasteiger partial charge >= 0.3 is 5.97 Å². The van der Waals surface area contributed by atoms with Crippen LogP contribution in [-0.4, -0.2) is 89.4 Å². The lowest BCUT2D eigenvalue weighted by atomic mass is 9.72. The lowest BCUT2D eigenvalue weighted by Crippen LogP contribution is -2.61. The van der Waals surface area contributed by atoms with Gasteiger partial charge in [0.2, 0.25) is 17.7 Å². The van der Waals surface area contributed by atoms with Gasteiger partial charge in [-0.3, -0.25) is 24.1 Å². The van der Waals surface area contributed by atoms with Crippen LogP contribution in [0.1, 0.15) is 87.0 Å². The number of para-hydroxylation sites is 1. The molecule has 7 atom stereocenters. The average Bonchev–Trinajstić information content (AvgIpc) is 3.22. The number of hydrogen-bond acceptors (Lipinski definition) is 9. The summed E-state index contributed by atoms with van der Waals surface area (Å²) >= 11 is 0. The first-order valence-corrected chi connectivity index (χ1v) is 20.9. The molecule has 5 N–H and O–H groups in total. The van der Waals surface area contributed by atoms with Crippen LogP contribution in [0.2, 0.25) is 0 Å². The van der Waals surface area contributed by atoms with Crippen LogP contribution >= 0.6 is 0 Å². The molecule has 60 heavy (non-hydrogen) atoms. The summed E-state index contributed by atoms with van der Waals surface area (Å²) in [5.74, 6) is -2.22. The maximum absolute atomic E-state index is 14.5. The van der Waals surface area contributed by atoms with E-state index in [1.165, 1.54) is 7.11 Å². The SMILES string of the molecule is CO[C@H](C(=O)O[C@H](CN1C[C@H]2CCCC[C@H]2C[C@H]1C(=O)NC(C)(C)C)[C@H](Cc1ccccc1)NC(=O)[C@H](CC(N)=O)NC(=O)c1ccc2ccccc2n1)c1ccccc1. The van der Waals surface area contributed by atoms with E-state index >= 15 is 0 Å². The van der Waals surface area contributed by atoms with Gasteiger partial charge in [-0.2, -0.15) is 0 Å². The van der Waals surface area contributed by atoms with Crippen LogP contribution in [0.25, 0.3) is 10.9 Å². The number of hydrogen-bond donors (Lipinski definition) is 4. The van der Waals surface area contributed by atoms with Crippen molar-refractivity contribution < 1.29 is 33.4 Å². The number of pyridine rings is 1. The molecule has 0 spiro atoms. The smallest absolute Gasteiger partial charge is 0.340 e. The summed E-state index contributed by atoms with van der Waals surface area (Å²) in [7, 11) is 1.43. The number of likely N-dealkylation sites (tertiary alicyclic amines) is 1. The molecule has 1 aliphatic carbocycles. The van der Waals surface area contributed by atoms with Crippen molar-refractivity contribution in [1.82, 2.24) is 25.8 Å². The number of amides is 4. The summed E-state index contributed by atoms with van der Waals surface area (Å²) < 4.78 is 12.2. The van der Waals surface area contributed by atoms with E-state index in [0.29, 0.717) is 35.9 Å². The van der Waals surface area contributed by atoms with E-state index in [-0.39, 0.29) is 24.6 Å². The number of piperidine rings is 1. The molecule has 4 amide bonds. The van der Waals surface area contributed by atoms with E-state index in [1.54, 1.807) is 42.5 Å². The third-order valence-corrected chi connectivity index (χ3v) is 11.5. The van der Waals surface area contributed by atoms with Gasteiger partial charge in [-0.1, -0.05) is 104 Å². The Morgan fingerprint density at radius 2 is 1.52 bits per heavy atom. The fraction of sp³-hybridized carbons (Fsp3) is 0.447. The van der Waals surface area contributed by atoms with Crippen molar-refractivity contribution in [2.45, 2.75) is 102 Å². The largest absolute Gasteiger partial charge is 0.457 e. The van der Waals surface area contributed by atoms with Crippen LogP contribution in [-0.2, 0) is 35.1 Å². The second kappa shape index (κ2) is 20.1. The van der Waals surface area contributed by atoms with Crippen molar-refractivity contribution in [1.29, 1.82) is 0 Å². The number of carbonyl (C=O) groups is 5. The summed E-state index contributed by atoms with van der Waals surface area (Å²) in [6.45, 7) is 6.56. The first-order valence-electron chi connectivity index (χ1n) is 20.9. The highest BCUT2D eigenvalue weighted by Gasteiger charge is 2.43. The number of esters is 1. The molecular weight excluding hydrogens is 761 g/mol. The quantitative estimate of drug-likeness (QED) is 0.113. The Hall–Kier alpha value is -5.66. The predicted octanol–water partition coefficient (Wildman–Crippen LogP) is 5.03. The molecule has 2 fully saturated rings. The highest BCUT2D eigenvalue weighted by molar-refractivity contribution is 5.99. The van der Waals surface area contributed by atoms with Crippen molar-refractivity contribution in [3.63, 3.8) is 0 Å². The van der Waals surface area contributed by atoms with Crippen molar-refractivity contribution in [2.75, 3.05) is 20.2 Å². The van der Waals surface area contributed by atoms with Crippen LogP contribution in [0.3, 0.4) is 0 Å². The predicted molar refractivity (Wildman–Crippen MR) is 228 cm³/mol. The van der Waals surface area contributed by atoms with Crippen LogP contribution in [0.4, 0.5) is 0 Å². The number of rotatable bonds is 16. The molecule has 1 saturated carbocycles. The van der Waals surface area contributed by atoms with E-state index in [2.05, 4.69) is 25.8 Å². The van der Waals surface area contributed by atoms with Gasteiger partial charge in [-0.05, 0) is 75.1 Å². The Morgan fingerprint density at radius 3 is 2.20 bits per heavy atom. The molecule has 2 heterocycles. The van der Waals surface area contributed by atoms with Gasteiger partial charge in [0, 0.05) is 31.1 Å². The summed E-state index contributed by atoms with van der Waals surface area (Å²) in [5, 5.41) is 9.76. The third kappa shape index (κ3) is 11.8. The molecule has 4 aromatic rings. The molecule has 0 radical (unpaired) electrons. The summed E-state index contributed by atoms with van der Waals surface area (Å²) in [5.41, 5.74) is 7.24. The number of ether oxygens (including phenoxy) is 2. The van der Waals surface area contributed by atoms with E-state index < -0.39 is 66.0 Å². The standard InChI is InChI=1S/C47H58N6O7/c1-47(2,3)52-45(57)39-26-33-20-11-12-21-34(33)28-53(39)29-40(60-46(58)42(59-4)32-18-9-6-10-19-32)37(25-30-15-7-5-8-16-30)50-44(56)38(27-41(48)54)51-43(55)36-24-23-31-17-13-14-22-35(31)49-36/h5-10,13-19,22-24,33-34,37-40,42H,11-12,20-21,25-29H2,1-4H3,(H2,48,54)(H,50,56)(H,51,55)(H,52,57)/t33-,34+,37-,38-,39-,40+,42-/m0/s1. The Balaban J connectivity index is 1.35. The molecule has 1 aliphatic heterocycles. The van der Waals surface area contributed by atoms with E-state index in [4.69, 9.17) is 15.2 Å². The van der Waals surface area contributed by atoms with Crippen LogP contribution in [0, 0.1) is 11.8 Å². The van der Waals surface area contributed by atoms with Crippen molar-refractivity contribution in [3.8, 4) is 0 Å². The molecule has 13 heteroatoms. The van der Waals surface area contributed by atoms with Gasteiger partial charge in [0.05, 0.1) is 24.0 Å². The number of methoxy groups -OCH3 is 1. The topological polar surface area (TPSA) is 182 Å². The first kappa shape index (κ1) is 43.9. The fourth-order valence-corrected chi connectivity index (χ4v) is 8.57. The number of nitrogens with zero attached hydrogens (tertiary/aromatic N) is 2. The van der Waals surface area contributed by atoms with Crippen molar-refractivity contribution in [2.24, 2.45) is 17.6 Å².